The van der Waals surface area contributed by atoms with Crippen LogP contribution in [-0.2, 0) is 14.3 Å². The van der Waals surface area contributed by atoms with Crippen molar-refractivity contribution in [2.24, 2.45) is 0 Å². The molecule has 2 atom stereocenters. The Kier molecular flexibility index (Phi) is 8.27. The van der Waals surface area contributed by atoms with E-state index in [0.29, 0.717) is 26.3 Å². The first-order chi connectivity index (χ1) is 6.88. The molecule has 2 saturated heterocycles. The van der Waals surface area contributed by atoms with Gasteiger partial charge in [0.2, 0.25) is 0 Å². The van der Waals surface area contributed by atoms with Crippen LogP contribution in [0.15, 0.2) is 0 Å². The summed E-state index contributed by atoms with van der Waals surface area (Å²) in [4.78, 5) is 11.8. The third kappa shape index (κ3) is 4.16. The molecule has 16 heavy (non-hydrogen) atoms. The largest absolute Gasteiger partial charge is 0.368 e. The Balaban J connectivity index is 0.00000112. The van der Waals surface area contributed by atoms with E-state index in [-0.39, 0.29) is 42.8 Å². The molecule has 0 aromatic heterocycles. The molecule has 0 saturated carbocycles. The molecular weight excluding hydrogens is 255 g/mol. The number of carbonyl (C=O) groups excluding carboxylic acids is 1. The summed E-state index contributed by atoms with van der Waals surface area (Å²) in [6, 6.07) is 0. The second kappa shape index (κ2) is 8.22. The quantitative estimate of drug-likeness (QED) is 0.702. The summed E-state index contributed by atoms with van der Waals surface area (Å²) >= 11 is 0. The maximum Gasteiger partial charge on any atom is 0.192 e. The molecule has 2 N–H and O–H groups in total. The monoisotopic (exact) mass is 272 g/mol. The van der Waals surface area contributed by atoms with E-state index in [1.54, 1.807) is 0 Å². The molecule has 2 fully saturated rings. The lowest BCUT2D eigenvalue weighted by Crippen LogP contribution is -2.52. The van der Waals surface area contributed by atoms with Crippen molar-refractivity contribution in [2.45, 2.75) is 12.2 Å². The second-order valence-electron chi connectivity index (χ2n) is 3.53. The number of ketones is 1. The Morgan fingerprint density at radius 2 is 1.38 bits per heavy atom. The van der Waals surface area contributed by atoms with E-state index in [0.717, 1.165) is 13.1 Å². The van der Waals surface area contributed by atoms with Gasteiger partial charge in [-0.1, -0.05) is 0 Å². The molecule has 7 heteroatoms. The van der Waals surface area contributed by atoms with E-state index in [1.807, 2.05) is 0 Å². The molecule has 0 aromatic carbocycles. The molecular formula is C9H18Cl2N2O3. The first kappa shape index (κ1) is 16.1. The van der Waals surface area contributed by atoms with Crippen molar-refractivity contribution < 1.29 is 14.3 Å². The Morgan fingerprint density at radius 1 is 0.938 bits per heavy atom. The molecule has 0 aromatic rings. The molecule has 2 aliphatic heterocycles. The molecule has 96 valence electrons. The Hall–Kier alpha value is 0.0900. The molecule has 0 amide bonds. The third-order valence-corrected chi connectivity index (χ3v) is 2.49. The summed E-state index contributed by atoms with van der Waals surface area (Å²) in [5.41, 5.74) is 0. The van der Waals surface area contributed by atoms with Crippen LogP contribution in [0, 0.1) is 0 Å². The summed E-state index contributed by atoms with van der Waals surface area (Å²) in [6.45, 7) is 4.09. The van der Waals surface area contributed by atoms with Crippen LogP contribution in [-0.4, -0.2) is 57.4 Å². The average molecular weight is 273 g/mol. The highest BCUT2D eigenvalue weighted by atomic mass is 35.5. The maximum absolute atomic E-state index is 11.8. The van der Waals surface area contributed by atoms with Crippen molar-refractivity contribution in [3.05, 3.63) is 0 Å². The second-order valence-corrected chi connectivity index (χ2v) is 3.53. The lowest BCUT2D eigenvalue weighted by atomic mass is 10.1. The van der Waals surface area contributed by atoms with Crippen LogP contribution in [0.3, 0.4) is 0 Å². The third-order valence-electron chi connectivity index (χ3n) is 2.49. The minimum Gasteiger partial charge on any atom is -0.368 e. The number of nitrogens with one attached hydrogen (secondary N) is 2. The van der Waals surface area contributed by atoms with Crippen LogP contribution in [0.5, 0.6) is 0 Å². The first-order valence-corrected chi connectivity index (χ1v) is 5.06. The molecule has 0 spiro atoms. The summed E-state index contributed by atoms with van der Waals surface area (Å²) in [5, 5.41) is 6.27. The highest BCUT2D eigenvalue weighted by molar-refractivity contribution is 5.88. The predicted octanol–water partition coefficient (Wildman–Crippen LogP) is -0.624. The molecule has 2 rings (SSSR count). The van der Waals surface area contributed by atoms with E-state index in [9.17, 15) is 4.79 Å². The van der Waals surface area contributed by atoms with Crippen LogP contribution < -0.4 is 10.6 Å². The molecule has 0 aliphatic carbocycles. The fourth-order valence-corrected chi connectivity index (χ4v) is 1.70. The normalized spacial score (nSPS) is 29.8. The van der Waals surface area contributed by atoms with Gasteiger partial charge >= 0.3 is 0 Å². The molecule has 2 unspecified atom stereocenters. The van der Waals surface area contributed by atoms with Crippen LogP contribution in [0.4, 0.5) is 0 Å². The number of rotatable bonds is 2. The fourth-order valence-electron chi connectivity index (χ4n) is 1.70. The number of morpholine rings is 2. The van der Waals surface area contributed by atoms with Gasteiger partial charge in [-0.15, -0.1) is 24.8 Å². The number of carbonyl (C=O) groups is 1. The molecule has 0 bridgehead atoms. The number of ether oxygens (including phenoxy) is 2. The summed E-state index contributed by atoms with van der Waals surface area (Å²) in [5.74, 6) is 0.0596. The summed E-state index contributed by atoms with van der Waals surface area (Å²) < 4.78 is 10.7. The van der Waals surface area contributed by atoms with Crippen molar-refractivity contribution in [1.82, 2.24) is 10.6 Å². The predicted molar refractivity (Wildman–Crippen MR) is 64.7 cm³/mol. The zero-order valence-electron chi connectivity index (χ0n) is 8.94. The van der Waals surface area contributed by atoms with Gasteiger partial charge in [0.05, 0.1) is 13.2 Å². The number of hydrogen-bond acceptors (Lipinski definition) is 5. The molecule has 5 nitrogen and oxygen atoms in total. The number of Topliss-reactive ketones (excluding diaryl/α,β-unsaturated/α-hetero) is 1. The van der Waals surface area contributed by atoms with Gasteiger partial charge in [0.25, 0.3) is 0 Å². The van der Waals surface area contributed by atoms with E-state index in [1.165, 1.54) is 0 Å². The van der Waals surface area contributed by atoms with E-state index in [2.05, 4.69) is 10.6 Å². The topological polar surface area (TPSA) is 59.6 Å². The zero-order valence-corrected chi connectivity index (χ0v) is 10.6. The fraction of sp³-hybridized carbons (Fsp3) is 0.889. The highest BCUT2D eigenvalue weighted by Crippen LogP contribution is 2.05. The van der Waals surface area contributed by atoms with E-state index in [4.69, 9.17) is 9.47 Å². The average Bonchev–Trinajstić information content (AvgIpc) is 2.30. The van der Waals surface area contributed by atoms with Gasteiger partial charge in [-0.25, -0.2) is 0 Å². The lowest BCUT2D eigenvalue weighted by Gasteiger charge is -2.28. The first-order valence-electron chi connectivity index (χ1n) is 5.06. The Bertz CT molecular complexity index is 187. The van der Waals surface area contributed by atoms with Gasteiger partial charge < -0.3 is 20.1 Å². The molecule has 0 radical (unpaired) electrons. The molecule has 2 heterocycles. The van der Waals surface area contributed by atoms with Crippen molar-refractivity contribution in [2.75, 3.05) is 39.4 Å². The van der Waals surface area contributed by atoms with Crippen LogP contribution >= 0.6 is 24.8 Å². The van der Waals surface area contributed by atoms with Gasteiger partial charge in [0.1, 0.15) is 12.2 Å². The maximum atomic E-state index is 11.8. The SMILES string of the molecule is Cl.Cl.O=C(C1CNCCO1)C1CNCCO1. The van der Waals surface area contributed by atoms with Crippen LogP contribution in [0.25, 0.3) is 0 Å². The van der Waals surface area contributed by atoms with Crippen molar-refractivity contribution in [3.8, 4) is 0 Å². The van der Waals surface area contributed by atoms with Crippen LogP contribution in [0.2, 0.25) is 0 Å². The van der Waals surface area contributed by atoms with Crippen molar-refractivity contribution >= 4 is 30.6 Å². The summed E-state index contributed by atoms with van der Waals surface area (Å²) in [7, 11) is 0. The van der Waals surface area contributed by atoms with Crippen LogP contribution in [0.1, 0.15) is 0 Å². The number of hydrogen-bond donors (Lipinski definition) is 2. The number of halogens is 2. The van der Waals surface area contributed by atoms with Gasteiger partial charge in [0, 0.05) is 26.2 Å². The standard InChI is InChI=1S/C9H16N2O3.2ClH/c12-9(7-5-10-1-3-13-7)8-6-11-2-4-14-8;;/h7-8,10-11H,1-6H2;2*1H. The van der Waals surface area contributed by atoms with Crippen molar-refractivity contribution in [3.63, 3.8) is 0 Å². The minimum absolute atomic E-state index is 0. The smallest absolute Gasteiger partial charge is 0.192 e. The van der Waals surface area contributed by atoms with Gasteiger partial charge in [-0.05, 0) is 0 Å². The Labute approximate surface area is 107 Å². The lowest BCUT2D eigenvalue weighted by molar-refractivity contribution is -0.145. The van der Waals surface area contributed by atoms with Gasteiger partial charge in [-0.3, -0.25) is 4.79 Å². The van der Waals surface area contributed by atoms with Crippen molar-refractivity contribution in [1.29, 1.82) is 0 Å². The zero-order chi connectivity index (χ0) is 9.80. The Morgan fingerprint density at radius 3 is 1.69 bits per heavy atom. The molecule has 2 aliphatic rings. The highest BCUT2D eigenvalue weighted by Gasteiger charge is 2.30. The van der Waals surface area contributed by atoms with Gasteiger partial charge in [-0.2, -0.15) is 0 Å². The minimum atomic E-state index is -0.325. The summed E-state index contributed by atoms with van der Waals surface area (Å²) in [6.07, 6.45) is -0.651. The van der Waals surface area contributed by atoms with E-state index >= 15 is 0 Å². The van der Waals surface area contributed by atoms with Gasteiger partial charge in [0.15, 0.2) is 5.78 Å². The van der Waals surface area contributed by atoms with E-state index < -0.39 is 0 Å².